The van der Waals surface area contributed by atoms with Crippen molar-refractivity contribution in [3.63, 3.8) is 0 Å². The summed E-state index contributed by atoms with van der Waals surface area (Å²) >= 11 is 0. The molecule has 2 N–H and O–H groups in total. The maximum Gasteiger partial charge on any atom is 0.308 e. The summed E-state index contributed by atoms with van der Waals surface area (Å²) in [7, 11) is 0. The van der Waals surface area contributed by atoms with Gasteiger partial charge in [-0.1, -0.05) is 18.2 Å². The molecule has 0 saturated carbocycles. The molecule has 36 heavy (non-hydrogen) atoms. The highest BCUT2D eigenvalue weighted by molar-refractivity contribution is 5.84. The molecule has 2 atom stereocenters. The van der Waals surface area contributed by atoms with Crippen molar-refractivity contribution < 1.29 is 24.1 Å². The first kappa shape index (κ1) is 27.6. The van der Waals surface area contributed by atoms with E-state index in [9.17, 15) is 19.4 Å². The van der Waals surface area contributed by atoms with E-state index in [1.165, 1.54) is 12.1 Å². The minimum Gasteiger partial charge on any atom is -0.460 e. The van der Waals surface area contributed by atoms with Gasteiger partial charge in [0.25, 0.3) is 0 Å². The van der Waals surface area contributed by atoms with E-state index in [-0.39, 0.29) is 24.7 Å². The molecule has 1 aromatic carbocycles. The highest BCUT2D eigenvalue weighted by Crippen LogP contribution is 2.38. The van der Waals surface area contributed by atoms with Crippen LogP contribution in [0.4, 0.5) is 4.39 Å². The van der Waals surface area contributed by atoms with Crippen LogP contribution >= 0.6 is 0 Å². The Bertz CT molecular complexity index is 1130. The number of ether oxygens (including phenoxy) is 1. The SMILES string of the molecule is CC(C)n1cc(-c2ccccn2)c(-c2ccc(F)cc2)c1CC[C@@H](O)C[C@@H](O)CC(=O)OC(C)(C)C. The molecule has 0 radical (unpaired) electrons. The standard InChI is InChI=1S/C29H37FN2O4/c1-19(2)32-18-24(25-8-6-7-15-31-25)28(20-9-11-21(30)12-10-20)26(32)14-13-22(33)16-23(34)17-27(35)36-29(3,4)5/h6-12,15,18-19,22-23,33-34H,13-14,16-17H2,1-5H3/t22-,23-/m1/s1. The van der Waals surface area contributed by atoms with Gasteiger partial charge in [-0.15, -0.1) is 0 Å². The zero-order valence-corrected chi connectivity index (χ0v) is 21.7. The highest BCUT2D eigenvalue weighted by atomic mass is 19.1. The summed E-state index contributed by atoms with van der Waals surface area (Å²) < 4.78 is 21.1. The van der Waals surface area contributed by atoms with Gasteiger partial charge in [-0.3, -0.25) is 9.78 Å². The predicted molar refractivity (Wildman–Crippen MR) is 139 cm³/mol. The number of halogens is 1. The zero-order valence-electron chi connectivity index (χ0n) is 21.7. The molecular formula is C29H37FN2O4. The molecule has 3 aromatic rings. The van der Waals surface area contributed by atoms with Crippen LogP contribution in [-0.2, 0) is 16.0 Å². The molecule has 0 spiro atoms. The Morgan fingerprint density at radius 1 is 1.08 bits per heavy atom. The number of aliphatic hydroxyl groups excluding tert-OH is 2. The van der Waals surface area contributed by atoms with Crippen LogP contribution in [0.2, 0.25) is 0 Å². The molecule has 0 saturated heterocycles. The molecule has 0 aliphatic rings. The number of rotatable bonds is 10. The van der Waals surface area contributed by atoms with Gasteiger partial charge in [0.1, 0.15) is 11.4 Å². The van der Waals surface area contributed by atoms with Gasteiger partial charge in [-0.05, 0) is 83.7 Å². The van der Waals surface area contributed by atoms with E-state index in [1.54, 1.807) is 39.1 Å². The second-order valence-corrected chi connectivity index (χ2v) is 10.5. The van der Waals surface area contributed by atoms with Gasteiger partial charge in [-0.2, -0.15) is 0 Å². The number of esters is 1. The Kier molecular flexibility index (Phi) is 9.03. The van der Waals surface area contributed by atoms with Crippen molar-refractivity contribution >= 4 is 5.97 Å². The Balaban J connectivity index is 1.85. The highest BCUT2D eigenvalue weighted by Gasteiger charge is 2.24. The first-order chi connectivity index (χ1) is 16.9. The number of hydrogen-bond donors (Lipinski definition) is 2. The summed E-state index contributed by atoms with van der Waals surface area (Å²) in [5.74, 6) is -0.799. The number of benzene rings is 1. The topological polar surface area (TPSA) is 84.6 Å². The van der Waals surface area contributed by atoms with Gasteiger partial charge < -0.3 is 19.5 Å². The van der Waals surface area contributed by atoms with E-state index < -0.39 is 23.8 Å². The lowest BCUT2D eigenvalue weighted by atomic mass is 9.95. The summed E-state index contributed by atoms with van der Waals surface area (Å²) in [6.45, 7) is 9.48. The third-order valence-electron chi connectivity index (χ3n) is 5.85. The van der Waals surface area contributed by atoms with Gasteiger partial charge in [0.05, 0.1) is 24.3 Å². The molecule has 0 unspecified atom stereocenters. The van der Waals surface area contributed by atoms with E-state index in [1.807, 2.05) is 18.2 Å². The van der Waals surface area contributed by atoms with Crippen LogP contribution in [0, 0.1) is 5.82 Å². The number of carbonyl (C=O) groups is 1. The Morgan fingerprint density at radius 2 is 1.78 bits per heavy atom. The van der Waals surface area contributed by atoms with Crippen LogP contribution in [0.25, 0.3) is 22.4 Å². The summed E-state index contributed by atoms with van der Waals surface area (Å²) in [6.07, 6.45) is 2.82. The fraction of sp³-hybridized carbons (Fsp3) is 0.448. The monoisotopic (exact) mass is 496 g/mol. The lowest BCUT2D eigenvalue weighted by Crippen LogP contribution is -2.28. The second kappa shape index (κ2) is 11.8. The van der Waals surface area contributed by atoms with E-state index in [0.29, 0.717) is 12.8 Å². The van der Waals surface area contributed by atoms with Crippen LogP contribution < -0.4 is 0 Å². The molecule has 2 heterocycles. The van der Waals surface area contributed by atoms with Crippen molar-refractivity contribution in [3.8, 4) is 22.4 Å². The number of aromatic nitrogens is 2. The third kappa shape index (κ3) is 7.48. The number of carbonyl (C=O) groups excluding carboxylic acids is 1. The quantitative estimate of drug-likeness (QED) is 0.351. The van der Waals surface area contributed by atoms with E-state index in [0.717, 1.165) is 28.1 Å². The second-order valence-electron chi connectivity index (χ2n) is 10.5. The van der Waals surface area contributed by atoms with E-state index in [4.69, 9.17) is 4.74 Å². The lowest BCUT2D eigenvalue weighted by Gasteiger charge is -2.21. The average molecular weight is 497 g/mol. The van der Waals surface area contributed by atoms with Gasteiger partial charge in [0.2, 0.25) is 0 Å². The molecule has 0 bridgehead atoms. The summed E-state index contributed by atoms with van der Waals surface area (Å²) in [6, 6.07) is 12.3. The van der Waals surface area contributed by atoms with E-state index in [2.05, 4.69) is 29.6 Å². The summed E-state index contributed by atoms with van der Waals surface area (Å²) in [4.78, 5) is 16.6. The molecular weight excluding hydrogens is 459 g/mol. The molecule has 0 aliphatic heterocycles. The maximum atomic E-state index is 13.7. The van der Waals surface area contributed by atoms with Crippen molar-refractivity contribution in [2.24, 2.45) is 0 Å². The molecule has 7 heteroatoms. The van der Waals surface area contributed by atoms with E-state index >= 15 is 0 Å². The Morgan fingerprint density at radius 3 is 2.36 bits per heavy atom. The minimum atomic E-state index is -0.993. The lowest BCUT2D eigenvalue weighted by molar-refractivity contribution is -0.157. The number of pyridine rings is 1. The number of hydrogen-bond acceptors (Lipinski definition) is 5. The van der Waals surface area contributed by atoms with Crippen molar-refractivity contribution in [1.29, 1.82) is 0 Å². The number of nitrogens with zero attached hydrogens (tertiary/aromatic N) is 2. The molecule has 0 aliphatic carbocycles. The number of aliphatic hydroxyl groups is 2. The normalized spacial score (nSPS) is 13.6. The first-order valence-electron chi connectivity index (χ1n) is 12.4. The molecule has 6 nitrogen and oxygen atoms in total. The van der Waals surface area contributed by atoms with Crippen LogP contribution in [0.1, 0.15) is 65.6 Å². The van der Waals surface area contributed by atoms with Crippen LogP contribution in [0.15, 0.2) is 54.9 Å². The van der Waals surface area contributed by atoms with Crippen LogP contribution in [0.5, 0.6) is 0 Å². The van der Waals surface area contributed by atoms with Gasteiger partial charge >= 0.3 is 5.97 Å². The van der Waals surface area contributed by atoms with Crippen LogP contribution in [-0.4, -0.2) is 43.5 Å². The minimum absolute atomic E-state index is 0.0700. The van der Waals surface area contributed by atoms with Crippen molar-refractivity contribution in [2.75, 3.05) is 0 Å². The third-order valence-corrected chi connectivity index (χ3v) is 5.85. The molecule has 3 rings (SSSR count). The maximum absolute atomic E-state index is 13.7. The van der Waals surface area contributed by atoms with Crippen LogP contribution in [0.3, 0.4) is 0 Å². The van der Waals surface area contributed by atoms with Gasteiger partial charge in [0, 0.05) is 35.3 Å². The fourth-order valence-electron chi connectivity index (χ4n) is 4.33. The summed E-state index contributed by atoms with van der Waals surface area (Å²) in [5.41, 5.74) is 3.93. The fourth-order valence-corrected chi connectivity index (χ4v) is 4.33. The zero-order chi connectivity index (χ0) is 26.5. The molecule has 194 valence electrons. The largest absolute Gasteiger partial charge is 0.460 e. The van der Waals surface area contributed by atoms with Crippen molar-refractivity contribution in [3.05, 3.63) is 66.4 Å². The molecule has 0 fully saturated rings. The van der Waals surface area contributed by atoms with Gasteiger partial charge in [0.15, 0.2) is 0 Å². The first-order valence-corrected chi connectivity index (χ1v) is 12.4. The molecule has 0 amide bonds. The molecule has 2 aromatic heterocycles. The van der Waals surface area contributed by atoms with Crippen molar-refractivity contribution in [2.45, 2.75) is 84.2 Å². The van der Waals surface area contributed by atoms with Crippen molar-refractivity contribution in [1.82, 2.24) is 9.55 Å². The average Bonchev–Trinajstić information content (AvgIpc) is 3.17. The van der Waals surface area contributed by atoms with Gasteiger partial charge in [-0.25, -0.2) is 4.39 Å². The predicted octanol–water partition coefficient (Wildman–Crippen LogP) is 5.71. The summed E-state index contributed by atoms with van der Waals surface area (Å²) in [5, 5.41) is 21.0. The smallest absolute Gasteiger partial charge is 0.308 e. The Labute approximate surface area is 212 Å². The Hall–Kier alpha value is -3.03.